The molecule has 2 fully saturated rings. The second kappa shape index (κ2) is 6.71. The van der Waals surface area contributed by atoms with Gasteiger partial charge in [0.2, 0.25) is 0 Å². The highest BCUT2D eigenvalue weighted by molar-refractivity contribution is 7.10. The molecule has 3 aromatic rings. The molecule has 2 aromatic carbocycles. The van der Waals surface area contributed by atoms with Crippen molar-refractivity contribution in [2.24, 2.45) is 5.92 Å². The molecule has 0 spiro atoms. The van der Waals surface area contributed by atoms with Gasteiger partial charge in [0.25, 0.3) is 0 Å². The molecular formula is C23H25NOS. The highest BCUT2D eigenvalue weighted by Gasteiger charge is 2.46. The molecule has 1 aromatic heterocycles. The Morgan fingerprint density at radius 2 is 1.92 bits per heavy atom. The number of ether oxygens (including phenoxy) is 1. The van der Waals surface area contributed by atoms with Crippen LogP contribution in [0, 0.1) is 5.92 Å². The second-order valence-electron chi connectivity index (χ2n) is 7.77. The Bertz CT molecular complexity index is 885. The maximum absolute atomic E-state index is 6.46. The Balaban J connectivity index is 1.43. The van der Waals surface area contributed by atoms with Gasteiger partial charge in [-0.15, -0.1) is 11.3 Å². The molecule has 0 aliphatic carbocycles. The van der Waals surface area contributed by atoms with Crippen LogP contribution in [0.3, 0.4) is 0 Å². The van der Waals surface area contributed by atoms with E-state index in [4.69, 9.17) is 4.74 Å². The van der Waals surface area contributed by atoms with Crippen LogP contribution in [0.1, 0.15) is 30.1 Å². The number of benzene rings is 2. The number of fused-ring (bicyclic) bond motifs is 3. The van der Waals surface area contributed by atoms with Crippen LogP contribution in [-0.2, 0) is 0 Å². The Morgan fingerprint density at radius 1 is 1.04 bits per heavy atom. The van der Waals surface area contributed by atoms with Crippen molar-refractivity contribution in [3.8, 4) is 5.75 Å². The van der Waals surface area contributed by atoms with Gasteiger partial charge in [0.15, 0.2) is 0 Å². The Hall–Kier alpha value is -1.84. The molecule has 2 saturated heterocycles. The first-order valence-corrected chi connectivity index (χ1v) is 10.5. The fraction of sp³-hybridized carbons (Fsp3) is 0.391. The number of piperidine rings is 1. The number of nitrogens with zero attached hydrogens (tertiary/aromatic N) is 1. The summed E-state index contributed by atoms with van der Waals surface area (Å²) in [4.78, 5) is 4.17. The van der Waals surface area contributed by atoms with E-state index in [-0.39, 0.29) is 0 Å². The van der Waals surface area contributed by atoms with E-state index >= 15 is 0 Å². The summed E-state index contributed by atoms with van der Waals surface area (Å²) in [5.41, 5.74) is 0. The van der Waals surface area contributed by atoms with Crippen LogP contribution in [-0.4, -0.2) is 30.6 Å². The lowest BCUT2D eigenvalue weighted by molar-refractivity contribution is 0.0681. The van der Waals surface area contributed by atoms with Crippen molar-refractivity contribution < 1.29 is 4.74 Å². The smallest absolute Gasteiger partial charge is 0.127 e. The predicted molar refractivity (Wildman–Crippen MR) is 109 cm³/mol. The fourth-order valence-electron chi connectivity index (χ4n) is 5.14. The van der Waals surface area contributed by atoms with Gasteiger partial charge in [-0.1, -0.05) is 42.5 Å². The van der Waals surface area contributed by atoms with Gasteiger partial charge in [0, 0.05) is 34.2 Å². The maximum Gasteiger partial charge on any atom is 0.127 e. The van der Waals surface area contributed by atoms with Crippen LogP contribution >= 0.6 is 11.3 Å². The van der Waals surface area contributed by atoms with E-state index < -0.39 is 0 Å². The summed E-state index contributed by atoms with van der Waals surface area (Å²) in [6.07, 6.45) is 3.93. The average Bonchev–Trinajstić information content (AvgIpc) is 3.28. The molecule has 2 aliphatic rings. The molecule has 4 unspecified atom stereocenters. The van der Waals surface area contributed by atoms with Gasteiger partial charge in [-0.2, -0.15) is 0 Å². The van der Waals surface area contributed by atoms with Crippen molar-refractivity contribution in [1.82, 2.24) is 4.90 Å². The molecule has 0 radical (unpaired) electrons. The van der Waals surface area contributed by atoms with E-state index in [1.54, 1.807) is 4.88 Å². The average molecular weight is 364 g/mol. The molecule has 4 atom stereocenters. The first-order valence-electron chi connectivity index (χ1n) is 9.67. The van der Waals surface area contributed by atoms with Crippen molar-refractivity contribution in [1.29, 1.82) is 0 Å². The third-order valence-electron chi connectivity index (χ3n) is 6.52. The number of thiophene rings is 1. The molecule has 26 heavy (non-hydrogen) atoms. The first kappa shape index (κ1) is 16.3. The number of rotatable bonds is 4. The normalized spacial score (nSPS) is 28.5. The van der Waals surface area contributed by atoms with E-state index in [1.807, 2.05) is 11.3 Å². The van der Waals surface area contributed by atoms with Crippen molar-refractivity contribution in [2.45, 2.75) is 37.3 Å². The molecule has 134 valence electrons. The summed E-state index contributed by atoms with van der Waals surface area (Å²) in [6.45, 7) is 0.804. The summed E-state index contributed by atoms with van der Waals surface area (Å²) in [6, 6.07) is 20.8. The number of hydrogen-bond acceptors (Lipinski definition) is 3. The van der Waals surface area contributed by atoms with Crippen molar-refractivity contribution in [3.05, 3.63) is 64.9 Å². The summed E-state index contributed by atoms with van der Waals surface area (Å²) >= 11 is 1.92. The van der Waals surface area contributed by atoms with E-state index in [0.29, 0.717) is 17.9 Å². The monoisotopic (exact) mass is 363 g/mol. The zero-order chi connectivity index (χ0) is 17.5. The SMILES string of the molecule is CN1C2CCC1C(COc1cccc3ccccc13)C(c1cccs1)C2. The summed E-state index contributed by atoms with van der Waals surface area (Å²) in [5, 5.41) is 4.69. The van der Waals surface area contributed by atoms with Crippen LogP contribution in [0.2, 0.25) is 0 Å². The maximum atomic E-state index is 6.46. The zero-order valence-corrected chi connectivity index (χ0v) is 16.0. The molecule has 2 nitrogen and oxygen atoms in total. The standard InChI is InChI=1S/C23H25NOS/c1-24-17-11-12-21(24)20(19(14-17)23-10-5-13-26-23)15-25-22-9-4-7-16-6-2-3-8-18(16)22/h2-10,13,17,19-21H,11-12,14-15H2,1H3. The Labute approximate surface area is 159 Å². The molecular weight excluding hydrogens is 338 g/mol. The highest BCUT2D eigenvalue weighted by Crippen LogP contribution is 2.47. The van der Waals surface area contributed by atoms with Gasteiger partial charge in [-0.25, -0.2) is 0 Å². The fourth-order valence-corrected chi connectivity index (χ4v) is 6.06. The van der Waals surface area contributed by atoms with Crippen LogP contribution in [0.5, 0.6) is 5.75 Å². The second-order valence-corrected chi connectivity index (χ2v) is 8.75. The third-order valence-corrected chi connectivity index (χ3v) is 7.53. The van der Waals surface area contributed by atoms with Crippen LogP contribution < -0.4 is 4.74 Å². The van der Waals surface area contributed by atoms with Gasteiger partial charge in [-0.3, -0.25) is 0 Å². The highest BCUT2D eigenvalue weighted by atomic mass is 32.1. The summed E-state index contributed by atoms with van der Waals surface area (Å²) in [5.74, 6) is 2.23. The van der Waals surface area contributed by atoms with Gasteiger partial charge < -0.3 is 9.64 Å². The molecule has 0 amide bonds. The predicted octanol–water partition coefficient (Wildman–Crippen LogP) is 5.55. The Morgan fingerprint density at radius 3 is 2.81 bits per heavy atom. The van der Waals surface area contributed by atoms with Gasteiger partial charge >= 0.3 is 0 Å². The summed E-state index contributed by atoms with van der Waals surface area (Å²) in [7, 11) is 2.32. The molecule has 0 N–H and O–H groups in total. The van der Waals surface area contributed by atoms with Gasteiger partial charge in [0.1, 0.15) is 5.75 Å². The molecule has 0 saturated carbocycles. The van der Waals surface area contributed by atoms with Crippen molar-refractivity contribution in [2.75, 3.05) is 13.7 Å². The minimum Gasteiger partial charge on any atom is -0.493 e. The first-order chi connectivity index (χ1) is 12.8. The zero-order valence-electron chi connectivity index (χ0n) is 15.2. The molecule has 2 aliphatic heterocycles. The van der Waals surface area contributed by atoms with Crippen molar-refractivity contribution in [3.63, 3.8) is 0 Å². The minimum atomic E-state index is 0.566. The van der Waals surface area contributed by atoms with E-state index in [1.165, 1.54) is 30.0 Å². The number of hydrogen-bond donors (Lipinski definition) is 0. The van der Waals surface area contributed by atoms with Gasteiger partial charge in [0.05, 0.1) is 6.61 Å². The summed E-state index contributed by atoms with van der Waals surface area (Å²) < 4.78 is 6.46. The minimum absolute atomic E-state index is 0.566. The van der Waals surface area contributed by atoms with Crippen LogP contribution in [0.25, 0.3) is 10.8 Å². The quantitative estimate of drug-likeness (QED) is 0.603. The lowest BCUT2D eigenvalue weighted by Crippen LogP contribution is -2.47. The van der Waals surface area contributed by atoms with Crippen LogP contribution in [0.15, 0.2) is 60.0 Å². The molecule has 5 rings (SSSR count). The van der Waals surface area contributed by atoms with Crippen molar-refractivity contribution >= 4 is 22.1 Å². The lowest BCUT2D eigenvalue weighted by Gasteiger charge is -2.42. The van der Waals surface area contributed by atoms with E-state index in [2.05, 4.69) is 71.9 Å². The Kier molecular flexibility index (Phi) is 4.22. The third kappa shape index (κ3) is 2.74. The molecule has 2 bridgehead atoms. The largest absolute Gasteiger partial charge is 0.493 e. The molecule has 3 heterocycles. The molecule has 3 heteroatoms. The topological polar surface area (TPSA) is 12.5 Å². The van der Waals surface area contributed by atoms with Crippen LogP contribution in [0.4, 0.5) is 0 Å². The van der Waals surface area contributed by atoms with E-state index in [0.717, 1.165) is 18.4 Å². The van der Waals surface area contributed by atoms with Gasteiger partial charge in [-0.05, 0) is 49.2 Å². The lowest BCUT2D eigenvalue weighted by atomic mass is 9.79. The van der Waals surface area contributed by atoms with E-state index in [9.17, 15) is 0 Å².